The molecule has 4 heteroatoms. The molecule has 0 amide bonds. The van der Waals surface area contributed by atoms with E-state index < -0.39 is 0 Å². The number of benzene rings is 9. The van der Waals surface area contributed by atoms with Gasteiger partial charge in [0, 0.05) is 49.4 Å². The number of nitrogens with zero attached hydrogens (tertiary/aromatic N) is 1. The summed E-state index contributed by atoms with van der Waals surface area (Å²) in [4.78, 5) is 2.34. The van der Waals surface area contributed by atoms with Crippen LogP contribution in [0.15, 0.2) is 213 Å². The zero-order chi connectivity index (χ0) is 38.2. The highest BCUT2D eigenvalue weighted by Gasteiger charge is 2.25. The van der Waals surface area contributed by atoms with Crippen molar-refractivity contribution in [3.05, 3.63) is 200 Å². The maximum atomic E-state index is 6.97. The fourth-order valence-corrected chi connectivity index (χ4v) is 8.84. The van der Waals surface area contributed by atoms with Crippen LogP contribution >= 0.6 is 0 Å². The van der Waals surface area contributed by atoms with E-state index in [0.717, 1.165) is 111 Å². The number of hydrogen-bond donors (Lipinski definition) is 0. The standard InChI is InChI=1S/C54H33NO3/c1-3-13-34(14-4-1)35-25-29-38(30-26-35)55(39-31-27-36(28-32-39)40-19-11-20-42-41-17-7-9-22-46(41)57-53(40)42)45-21-12-24-48-51(45)44-33-49-52(43-18-8-10-23-47(43)56-49)50(54(44)58-48)37-15-5-2-6-16-37/h1-33H. The minimum Gasteiger partial charge on any atom is -0.456 e. The Hall–Kier alpha value is -7.82. The lowest BCUT2D eigenvalue weighted by Gasteiger charge is -2.26. The number of fused-ring (bicyclic) bond motifs is 9. The summed E-state index contributed by atoms with van der Waals surface area (Å²) in [5.74, 6) is 0. The molecule has 58 heavy (non-hydrogen) atoms. The van der Waals surface area contributed by atoms with E-state index in [1.54, 1.807) is 0 Å². The van der Waals surface area contributed by atoms with Crippen LogP contribution in [0.3, 0.4) is 0 Å². The molecule has 3 heterocycles. The molecule has 0 unspecified atom stereocenters. The molecule has 12 rings (SSSR count). The second kappa shape index (κ2) is 12.9. The first-order valence-corrected chi connectivity index (χ1v) is 19.6. The van der Waals surface area contributed by atoms with Crippen LogP contribution in [-0.4, -0.2) is 0 Å². The van der Waals surface area contributed by atoms with Crippen molar-refractivity contribution in [2.45, 2.75) is 0 Å². The minimum absolute atomic E-state index is 0.806. The van der Waals surface area contributed by atoms with Gasteiger partial charge in [0.15, 0.2) is 0 Å². The Labute approximate surface area is 333 Å². The molecule has 0 radical (unpaired) electrons. The highest BCUT2D eigenvalue weighted by molar-refractivity contribution is 6.25. The third-order valence-electron chi connectivity index (χ3n) is 11.5. The number of para-hydroxylation sites is 3. The molecular weight excluding hydrogens is 711 g/mol. The van der Waals surface area contributed by atoms with Crippen molar-refractivity contribution < 1.29 is 13.3 Å². The summed E-state index contributed by atoms with van der Waals surface area (Å²) in [5.41, 5.74) is 14.7. The van der Waals surface area contributed by atoms with Gasteiger partial charge in [-0.05, 0) is 76.9 Å². The molecular formula is C54H33NO3. The lowest BCUT2D eigenvalue weighted by molar-refractivity contribution is 0.664. The SMILES string of the molecule is c1ccc(-c2ccc(N(c3ccc(-c4cccc5c4oc4ccccc45)cc3)c3cccc4oc5c(-c6ccccc6)c6c(cc5c34)oc3ccccc36)cc2)cc1. The van der Waals surface area contributed by atoms with Gasteiger partial charge in [0.05, 0.1) is 11.1 Å². The first kappa shape index (κ1) is 32.4. The topological polar surface area (TPSA) is 42.7 Å². The van der Waals surface area contributed by atoms with Crippen LogP contribution < -0.4 is 4.90 Å². The first-order valence-electron chi connectivity index (χ1n) is 19.6. The van der Waals surface area contributed by atoms with Gasteiger partial charge in [-0.25, -0.2) is 0 Å². The molecule has 0 N–H and O–H groups in total. The highest BCUT2D eigenvalue weighted by atomic mass is 16.3. The Bertz CT molecular complexity index is 3480. The Morgan fingerprint density at radius 2 is 0.862 bits per heavy atom. The van der Waals surface area contributed by atoms with E-state index in [1.165, 1.54) is 5.56 Å². The molecule has 272 valence electrons. The van der Waals surface area contributed by atoms with E-state index in [0.29, 0.717) is 0 Å². The van der Waals surface area contributed by atoms with Crippen LogP contribution in [0, 0.1) is 0 Å². The van der Waals surface area contributed by atoms with Gasteiger partial charge in [-0.3, -0.25) is 0 Å². The largest absolute Gasteiger partial charge is 0.456 e. The van der Waals surface area contributed by atoms with Crippen molar-refractivity contribution in [3.8, 4) is 33.4 Å². The second-order valence-electron chi connectivity index (χ2n) is 14.8. The van der Waals surface area contributed by atoms with Gasteiger partial charge in [-0.2, -0.15) is 0 Å². The van der Waals surface area contributed by atoms with Crippen LogP contribution in [0.25, 0.3) is 99.2 Å². The Kier molecular flexibility index (Phi) is 7.20. The van der Waals surface area contributed by atoms with Gasteiger partial charge in [0.2, 0.25) is 0 Å². The van der Waals surface area contributed by atoms with Crippen molar-refractivity contribution in [2.75, 3.05) is 4.90 Å². The zero-order valence-electron chi connectivity index (χ0n) is 31.2. The smallest absolute Gasteiger partial charge is 0.144 e. The van der Waals surface area contributed by atoms with Crippen LogP contribution in [0.5, 0.6) is 0 Å². The van der Waals surface area contributed by atoms with Gasteiger partial charge >= 0.3 is 0 Å². The molecule has 0 saturated heterocycles. The number of hydrogen-bond acceptors (Lipinski definition) is 4. The third-order valence-corrected chi connectivity index (χ3v) is 11.5. The molecule has 4 nitrogen and oxygen atoms in total. The normalized spacial score (nSPS) is 11.8. The molecule has 0 aliphatic heterocycles. The molecule has 0 aliphatic rings. The van der Waals surface area contributed by atoms with E-state index in [-0.39, 0.29) is 0 Å². The molecule has 12 aromatic rings. The Balaban J connectivity index is 1.08. The Morgan fingerprint density at radius 1 is 0.310 bits per heavy atom. The van der Waals surface area contributed by atoms with Gasteiger partial charge in [-0.15, -0.1) is 0 Å². The average Bonchev–Trinajstić information content (AvgIpc) is 3.98. The predicted octanol–water partition coefficient (Wildman–Crippen LogP) is 15.9. The third kappa shape index (κ3) is 5.02. The molecule has 0 saturated carbocycles. The summed E-state index contributed by atoms with van der Waals surface area (Å²) in [6.07, 6.45) is 0. The summed E-state index contributed by atoms with van der Waals surface area (Å²) in [5, 5.41) is 6.37. The second-order valence-corrected chi connectivity index (χ2v) is 14.8. The summed E-state index contributed by atoms with van der Waals surface area (Å²) in [6.45, 7) is 0. The first-order chi connectivity index (χ1) is 28.8. The summed E-state index contributed by atoms with van der Waals surface area (Å²) >= 11 is 0. The molecule has 0 fully saturated rings. The molecule has 0 spiro atoms. The Morgan fingerprint density at radius 3 is 1.60 bits per heavy atom. The summed E-state index contributed by atoms with van der Waals surface area (Å²) in [7, 11) is 0. The molecule has 0 aliphatic carbocycles. The fraction of sp³-hybridized carbons (Fsp3) is 0. The summed E-state index contributed by atoms with van der Waals surface area (Å²) in [6, 6.07) is 70.0. The molecule has 0 atom stereocenters. The quantitative estimate of drug-likeness (QED) is 0.170. The van der Waals surface area contributed by atoms with Crippen molar-refractivity contribution >= 4 is 82.9 Å². The zero-order valence-corrected chi connectivity index (χ0v) is 31.2. The number of rotatable bonds is 6. The summed E-state index contributed by atoms with van der Waals surface area (Å²) < 4.78 is 20.0. The maximum absolute atomic E-state index is 6.97. The molecule has 9 aromatic carbocycles. The van der Waals surface area contributed by atoms with Crippen molar-refractivity contribution in [3.63, 3.8) is 0 Å². The van der Waals surface area contributed by atoms with E-state index in [2.05, 4.69) is 175 Å². The molecule has 0 bridgehead atoms. The molecule has 3 aromatic heterocycles. The lowest BCUT2D eigenvalue weighted by atomic mass is 9.96. The van der Waals surface area contributed by atoms with E-state index in [4.69, 9.17) is 13.3 Å². The lowest BCUT2D eigenvalue weighted by Crippen LogP contribution is -2.10. The van der Waals surface area contributed by atoms with E-state index >= 15 is 0 Å². The maximum Gasteiger partial charge on any atom is 0.144 e. The van der Waals surface area contributed by atoms with E-state index in [1.807, 2.05) is 30.3 Å². The van der Waals surface area contributed by atoms with Crippen LogP contribution in [0.2, 0.25) is 0 Å². The van der Waals surface area contributed by atoms with Crippen LogP contribution in [-0.2, 0) is 0 Å². The van der Waals surface area contributed by atoms with Crippen molar-refractivity contribution in [1.82, 2.24) is 0 Å². The number of anilines is 3. The predicted molar refractivity (Wildman–Crippen MR) is 239 cm³/mol. The highest BCUT2D eigenvalue weighted by Crippen LogP contribution is 2.49. The van der Waals surface area contributed by atoms with Crippen LogP contribution in [0.4, 0.5) is 17.1 Å². The van der Waals surface area contributed by atoms with Gasteiger partial charge < -0.3 is 18.2 Å². The number of furan rings is 3. The minimum atomic E-state index is 0.806. The van der Waals surface area contributed by atoms with Gasteiger partial charge in [0.25, 0.3) is 0 Å². The van der Waals surface area contributed by atoms with Crippen molar-refractivity contribution in [1.29, 1.82) is 0 Å². The van der Waals surface area contributed by atoms with Gasteiger partial charge in [0.1, 0.15) is 33.5 Å². The van der Waals surface area contributed by atoms with Gasteiger partial charge in [-0.1, -0.05) is 146 Å². The fourth-order valence-electron chi connectivity index (χ4n) is 8.84. The van der Waals surface area contributed by atoms with Crippen LogP contribution in [0.1, 0.15) is 0 Å². The van der Waals surface area contributed by atoms with Crippen molar-refractivity contribution in [2.24, 2.45) is 0 Å². The van der Waals surface area contributed by atoms with E-state index in [9.17, 15) is 0 Å². The average molecular weight is 744 g/mol. The monoisotopic (exact) mass is 743 g/mol.